The largest absolute Gasteiger partial charge is 0.494 e. The van der Waals surface area contributed by atoms with Crippen LogP contribution in [0.3, 0.4) is 0 Å². The number of carbonyl (C=O) groups excluding carboxylic acids is 1. The Morgan fingerprint density at radius 1 is 1.50 bits per heavy atom. The first-order chi connectivity index (χ1) is 7.56. The summed E-state index contributed by atoms with van der Waals surface area (Å²) in [4.78, 5) is 11.5. The van der Waals surface area contributed by atoms with Crippen molar-refractivity contribution in [3.63, 3.8) is 0 Å². The van der Waals surface area contributed by atoms with E-state index in [1.807, 2.05) is 31.2 Å². The van der Waals surface area contributed by atoms with Crippen LogP contribution >= 0.6 is 0 Å². The van der Waals surface area contributed by atoms with Crippen molar-refractivity contribution in [2.75, 3.05) is 13.7 Å². The van der Waals surface area contributed by atoms with Gasteiger partial charge < -0.3 is 15.8 Å². The summed E-state index contributed by atoms with van der Waals surface area (Å²) in [5, 5.41) is 2.94. The maximum absolute atomic E-state index is 11.5. The van der Waals surface area contributed by atoms with Gasteiger partial charge in [0.25, 0.3) is 0 Å². The Kier molecular flexibility index (Phi) is 3.90. The number of para-hydroxylation sites is 1. The van der Waals surface area contributed by atoms with E-state index in [9.17, 15) is 4.79 Å². The summed E-state index contributed by atoms with van der Waals surface area (Å²) in [6, 6.07) is 7.39. The Balaban J connectivity index is 3.24. The van der Waals surface area contributed by atoms with Crippen molar-refractivity contribution in [1.29, 1.82) is 0 Å². The highest BCUT2D eigenvalue weighted by Crippen LogP contribution is 2.29. The van der Waals surface area contributed by atoms with Crippen LogP contribution in [0.2, 0.25) is 0 Å². The normalized spacial score (nSPS) is 14.2. The zero-order valence-electron chi connectivity index (χ0n) is 9.91. The first-order valence-corrected chi connectivity index (χ1v) is 5.27. The third-order valence-electron chi connectivity index (χ3n) is 2.72. The molecule has 1 aromatic carbocycles. The molecule has 0 spiro atoms. The summed E-state index contributed by atoms with van der Waals surface area (Å²) in [5.74, 6) is 0.253. The average molecular weight is 222 g/mol. The van der Waals surface area contributed by atoms with Gasteiger partial charge in [0.2, 0.25) is 5.91 Å². The smallest absolute Gasteiger partial charge is 0.242 e. The van der Waals surface area contributed by atoms with Crippen molar-refractivity contribution in [1.82, 2.24) is 5.32 Å². The quantitative estimate of drug-likeness (QED) is 0.781. The van der Waals surface area contributed by atoms with Crippen LogP contribution in [0.25, 0.3) is 0 Å². The van der Waals surface area contributed by atoms with Gasteiger partial charge in [-0.2, -0.15) is 0 Å². The Bertz CT molecular complexity index is 379. The predicted molar refractivity (Wildman–Crippen MR) is 63.2 cm³/mol. The van der Waals surface area contributed by atoms with Crippen molar-refractivity contribution in [2.45, 2.75) is 19.4 Å². The number of primary amides is 1. The lowest BCUT2D eigenvalue weighted by molar-refractivity contribution is -0.124. The van der Waals surface area contributed by atoms with E-state index in [2.05, 4.69) is 5.32 Å². The van der Waals surface area contributed by atoms with Gasteiger partial charge >= 0.3 is 0 Å². The number of rotatable bonds is 5. The number of amides is 1. The minimum atomic E-state index is -0.911. The summed E-state index contributed by atoms with van der Waals surface area (Å²) < 4.78 is 5.49. The Morgan fingerprint density at radius 3 is 2.62 bits per heavy atom. The van der Waals surface area contributed by atoms with E-state index in [1.165, 1.54) is 0 Å². The Morgan fingerprint density at radius 2 is 2.12 bits per heavy atom. The van der Waals surface area contributed by atoms with Gasteiger partial charge in [-0.25, -0.2) is 0 Å². The zero-order valence-corrected chi connectivity index (χ0v) is 9.91. The molecular weight excluding hydrogens is 204 g/mol. The zero-order chi connectivity index (χ0) is 12.2. The van der Waals surface area contributed by atoms with Crippen LogP contribution in [-0.2, 0) is 10.3 Å². The number of carbonyl (C=O) groups is 1. The number of hydrogen-bond donors (Lipinski definition) is 2. The molecule has 0 aromatic heterocycles. The minimum absolute atomic E-state index is 0.429. The Labute approximate surface area is 95.8 Å². The van der Waals surface area contributed by atoms with Gasteiger partial charge in [-0.15, -0.1) is 0 Å². The SMILES string of the molecule is CCOc1ccccc1C(C)(NC)C(N)=O. The van der Waals surface area contributed by atoms with Crippen LogP contribution in [0.5, 0.6) is 5.75 Å². The lowest BCUT2D eigenvalue weighted by atomic mass is 9.90. The average Bonchev–Trinajstić information content (AvgIpc) is 2.29. The lowest BCUT2D eigenvalue weighted by Crippen LogP contribution is -2.48. The van der Waals surface area contributed by atoms with Gasteiger partial charge in [-0.05, 0) is 27.0 Å². The summed E-state index contributed by atoms with van der Waals surface area (Å²) in [5.41, 5.74) is 5.27. The van der Waals surface area contributed by atoms with Crippen LogP contribution in [-0.4, -0.2) is 19.6 Å². The molecule has 0 saturated heterocycles. The monoisotopic (exact) mass is 222 g/mol. The fourth-order valence-corrected chi connectivity index (χ4v) is 1.55. The van der Waals surface area contributed by atoms with E-state index in [1.54, 1.807) is 14.0 Å². The van der Waals surface area contributed by atoms with Gasteiger partial charge in [-0.1, -0.05) is 18.2 Å². The molecule has 0 radical (unpaired) electrons. The molecule has 1 unspecified atom stereocenters. The molecule has 4 nitrogen and oxygen atoms in total. The van der Waals surface area contributed by atoms with E-state index < -0.39 is 11.4 Å². The molecule has 1 rings (SSSR count). The molecular formula is C12H18N2O2. The number of nitrogens with one attached hydrogen (secondary N) is 1. The fraction of sp³-hybridized carbons (Fsp3) is 0.417. The van der Waals surface area contributed by atoms with E-state index in [0.29, 0.717) is 12.4 Å². The number of benzene rings is 1. The van der Waals surface area contributed by atoms with Crippen molar-refractivity contribution >= 4 is 5.91 Å². The lowest BCUT2D eigenvalue weighted by Gasteiger charge is -2.27. The third-order valence-corrected chi connectivity index (χ3v) is 2.72. The van der Waals surface area contributed by atoms with Gasteiger partial charge in [-0.3, -0.25) is 4.79 Å². The van der Waals surface area contributed by atoms with Crippen LogP contribution in [0.4, 0.5) is 0 Å². The highest BCUT2D eigenvalue weighted by Gasteiger charge is 2.33. The van der Waals surface area contributed by atoms with Gasteiger partial charge in [0.15, 0.2) is 0 Å². The predicted octanol–water partition coefficient (Wildman–Crippen LogP) is 1.01. The van der Waals surface area contributed by atoms with Crippen LogP contribution in [0, 0.1) is 0 Å². The molecule has 1 amide bonds. The van der Waals surface area contributed by atoms with Crippen LogP contribution in [0.15, 0.2) is 24.3 Å². The second-order valence-electron chi connectivity index (χ2n) is 3.67. The number of nitrogens with two attached hydrogens (primary N) is 1. The number of ether oxygens (including phenoxy) is 1. The summed E-state index contributed by atoms with van der Waals surface area (Å²) in [6.45, 7) is 4.19. The molecule has 88 valence electrons. The molecule has 1 aromatic rings. The Hall–Kier alpha value is -1.55. The molecule has 0 heterocycles. The molecule has 0 fully saturated rings. The molecule has 0 aliphatic carbocycles. The summed E-state index contributed by atoms with van der Waals surface area (Å²) >= 11 is 0. The van der Waals surface area contributed by atoms with Gasteiger partial charge in [0, 0.05) is 5.56 Å². The molecule has 0 aliphatic heterocycles. The fourth-order valence-electron chi connectivity index (χ4n) is 1.55. The third kappa shape index (κ3) is 2.17. The molecule has 0 saturated carbocycles. The van der Waals surface area contributed by atoms with Crippen molar-refractivity contribution in [2.24, 2.45) is 5.73 Å². The second-order valence-corrected chi connectivity index (χ2v) is 3.67. The first kappa shape index (κ1) is 12.5. The molecule has 4 heteroatoms. The molecule has 1 atom stereocenters. The van der Waals surface area contributed by atoms with Gasteiger partial charge in [0.1, 0.15) is 11.3 Å². The number of likely N-dealkylation sites (N-methyl/N-ethyl adjacent to an activating group) is 1. The van der Waals surface area contributed by atoms with Crippen molar-refractivity contribution in [3.8, 4) is 5.75 Å². The highest BCUT2D eigenvalue weighted by atomic mass is 16.5. The minimum Gasteiger partial charge on any atom is -0.494 e. The molecule has 0 bridgehead atoms. The van der Waals surface area contributed by atoms with E-state index >= 15 is 0 Å². The molecule has 16 heavy (non-hydrogen) atoms. The molecule has 0 aliphatic rings. The summed E-state index contributed by atoms with van der Waals surface area (Å²) in [6.07, 6.45) is 0. The van der Waals surface area contributed by atoms with E-state index in [-0.39, 0.29) is 0 Å². The molecule has 3 N–H and O–H groups in total. The van der Waals surface area contributed by atoms with Crippen LogP contribution in [0.1, 0.15) is 19.4 Å². The number of hydrogen-bond acceptors (Lipinski definition) is 3. The maximum Gasteiger partial charge on any atom is 0.242 e. The van der Waals surface area contributed by atoms with Gasteiger partial charge in [0.05, 0.1) is 6.61 Å². The first-order valence-electron chi connectivity index (χ1n) is 5.27. The van der Waals surface area contributed by atoms with Crippen molar-refractivity contribution in [3.05, 3.63) is 29.8 Å². The van der Waals surface area contributed by atoms with E-state index in [0.717, 1.165) is 5.56 Å². The van der Waals surface area contributed by atoms with Crippen molar-refractivity contribution < 1.29 is 9.53 Å². The maximum atomic E-state index is 11.5. The van der Waals surface area contributed by atoms with E-state index in [4.69, 9.17) is 10.5 Å². The van der Waals surface area contributed by atoms with Crippen LogP contribution < -0.4 is 15.8 Å². The second kappa shape index (κ2) is 4.99. The topological polar surface area (TPSA) is 64.3 Å². The standard InChI is InChI=1S/C12H18N2O2/c1-4-16-10-8-6-5-7-9(10)12(2,14-3)11(13)15/h5-8,14H,4H2,1-3H3,(H2,13,15). The highest BCUT2D eigenvalue weighted by molar-refractivity contribution is 5.86. The summed E-state index contributed by atoms with van der Waals surface area (Å²) in [7, 11) is 1.70.